The average Bonchev–Trinajstić information content (AvgIpc) is 2.27. The van der Waals surface area contributed by atoms with Crippen LogP contribution in [0.5, 0.6) is 0 Å². The summed E-state index contributed by atoms with van der Waals surface area (Å²) in [6.45, 7) is 0.500. The second-order valence-corrected chi connectivity index (χ2v) is 7.27. The van der Waals surface area contributed by atoms with Crippen LogP contribution in [0.2, 0.25) is 0 Å². The van der Waals surface area contributed by atoms with Crippen molar-refractivity contribution in [3.63, 3.8) is 0 Å². The Labute approximate surface area is 114 Å². The normalized spacial score (nSPS) is 25.1. The van der Waals surface area contributed by atoms with Crippen LogP contribution >= 0.6 is 12.2 Å². The highest BCUT2D eigenvalue weighted by Crippen LogP contribution is 2.23. The van der Waals surface area contributed by atoms with Gasteiger partial charge >= 0.3 is 0 Å². The summed E-state index contributed by atoms with van der Waals surface area (Å²) in [5, 5.41) is 3.39. The van der Waals surface area contributed by atoms with Crippen molar-refractivity contribution in [2.75, 3.05) is 20.6 Å². The van der Waals surface area contributed by atoms with Gasteiger partial charge in [0.2, 0.25) is 0 Å². The molecular weight excluding hydrogens is 272 g/mol. The molecule has 18 heavy (non-hydrogen) atoms. The average molecular weight is 294 g/mol. The maximum atomic E-state index is 11.6. The van der Waals surface area contributed by atoms with Crippen LogP contribution in [0.1, 0.15) is 25.7 Å². The second-order valence-electron chi connectivity index (χ2n) is 4.86. The van der Waals surface area contributed by atoms with Gasteiger partial charge in [0.05, 0.1) is 0 Å². The lowest BCUT2D eigenvalue weighted by molar-refractivity contribution is 0.310. The number of hydrogen-bond acceptors (Lipinski definition) is 3. The molecule has 8 heteroatoms. The fourth-order valence-electron chi connectivity index (χ4n) is 2.06. The molecule has 0 aliphatic heterocycles. The van der Waals surface area contributed by atoms with E-state index in [-0.39, 0.29) is 0 Å². The molecule has 0 atom stereocenters. The first kappa shape index (κ1) is 15.6. The van der Waals surface area contributed by atoms with E-state index in [1.165, 1.54) is 18.4 Å². The van der Waals surface area contributed by atoms with E-state index in [0.29, 0.717) is 23.6 Å². The van der Waals surface area contributed by atoms with Gasteiger partial charge in [0.25, 0.3) is 10.2 Å². The standard InChI is InChI=1S/C10H22N4O2S2/c1-14(2)18(15,16)12-7-8-3-5-9(6-4-8)13-10(11)17/h8-9,12H,3-7H2,1-2H3,(H3,11,13,17)/t8-,9-. The number of hydrogen-bond donors (Lipinski definition) is 3. The molecule has 1 saturated carbocycles. The molecule has 0 saturated heterocycles. The minimum atomic E-state index is -3.30. The van der Waals surface area contributed by atoms with Gasteiger partial charge in [0.1, 0.15) is 0 Å². The summed E-state index contributed by atoms with van der Waals surface area (Å²) in [5.41, 5.74) is 5.43. The molecule has 0 aromatic carbocycles. The summed E-state index contributed by atoms with van der Waals surface area (Å²) in [7, 11) is -0.265. The zero-order valence-corrected chi connectivity index (χ0v) is 12.5. The van der Waals surface area contributed by atoms with E-state index in [4.69, 9.17) is 18.0 Å². The number of nitrogens with one attached hydrogen (secondary N) is 2. The van der Waals surface area contributed by atoms with E-state index in [0.717, 1.165) is 25.7 Å². The van der Waals surface area contributed by atoms with E-state index in [9.17, 15) is 8.42 Å². The second kappa shape index (κ2) is 6.65. The first-order valence-corrected chi connectivity index (χ1v) is 7.89. The summed E-state index contributed by atoms with van der Waals surface area (Å²) in [4.78, 5) is 0. The van der Waals surface area contributed by atoms with Gasteiger partial charge in [-0.2, -0.15) is 12.7 Å². The van der Waals surface area contributed by atoms with Gasteiger partial charge in [-0.1, -0.05) is 0 Å². The van der Waals surface area contributed by atoms with Gasteiger partial charge < -0.3 is 11.1 Å². The summed E-state index contributed by atoms with van der Waals surface area (Å²) >= 11 is 4.80. The molecule has 1 rings (SSSR count). The van der Waals surface area contributed by atoms with E-state index in [1.54, 1.807) is 0 Å². The predicted octanol–water partition coefficient (Wildman–Crippen LogP) is -0.226. The Hall–Kier alpha value is -0.440. The SMILES string of the molecule is CN(C)S(=O)(=O)NC[C@H]1CC[C@H](NC(N)=S)CC1. The summed E-state index contributed by atoms with van der Waals surface area (Å²) in [6, 6.07) is 0.337. The predicted molar refractivity (Wildman–Crippen MR) is 76.3 cm³/mol. The molecule has 1 aliphatic carbocycles. The van der Waals surface area contributed by atoms with Crippen LogP contribution in [-0.4, -0.2) is 44.5 Å². The number of nitrogens with zero attached hydrogens (tertiary/aromatic N) is 1. The lowest BCUT2D eigenvalue weighted by Crippen LogP contribution is -2.43. The molecule has 4 N–H and O–H groups in total. The number of rotatable bonds is 5. The minimum Gasteiger partial charge on any atom is -0.376 e. The quantitative estimate of drug-likeness (QED) is 0.610. The Bertz CT molecular complexity index is 375. The number of nitrogens with two attached hydrogens (primary N) is 1. The highest BCUT2D eigenvalue weighted by atomic mass is 32.2. The molecule has 6 nitrogen and oxygen atoms in total. The van der Waals surface area contributed by atoms with Crippen molar-refractivity contribution in [2.24, 2.45) is 11.7 Å². The van der Waals surface area contributed by atoms with Gasteiger partial charge in [0, 0.05) is 26.7 Å². The van der Waals surface area contributed by atoms with Crippen molar-refractivity contribution in [1.82, 2.24) is 14.3 Å². The van der Waals surface area contributed by atoms with Gasteiger partial charge in [-0.25, -0.2) is 4.72 Å². The van der Waals surface area contributed by atoms with Crippen LogP contribution in [0.4, 0.5) is 0 Å². The van der Waals surface area contributed by atoms with Gasteiger partial charge in [-0.05, 0) is 43.8 Å². The Morgan fingerprint density at radius 2 is 1.89 bits per heavy atom. The largest absolute Gasteiger partial charge is 0.376 e. The lowest BCUT2D eigenvalue weighted by atomic mass is 9.86. The molecule has 0 aromatic heterocycles. The zero-order chi connectivity index (χ0) is 13.8. The minimum absolute atomic E-state index is 0.337. The lowest BCUT2D eigenvalue weighted by Gasteiger charge is -2.29. The smallest absolute Gasteiger partial charge is 0.278 e. The maximum Gasteiger partial charge on any atom is 0.278 e. The van der Waals surface area contributed by atoms with E-state index in [2.05, 4.69) is 10.0 Å². The number of thiocarbonyl (C=S) groups is 1. The van der Waals surface area contributed by atoms with Crippen molar-refractivity contribution < 1.29 is 8.42 Å². The first-order chi connectivity index (χ1) is 8.31. The van der Waals surface area contributed by atoms with Crippen LogP contribution in [0.15, 0.2) is 0 Å². The van der Waals surface area contributed by atoms with E-state index in [1.807, 2.05) is 0 Å². The molecule has 106 valence electrons. The van der Waals surface area contributed by atoms with Crippen LogP contribution in [-0.2, 0) is 10.2 Å². The van der Waals surface area contributed by atoms with Crippen molar-refractivity contribution in [2.45, 2.75) is 31.7 Å². The molecule has 1 fully saturated rings. The third kappa shape index (κ3) is 5.05. The molecule has 0 unspecified atom stereocenters. The molecule has 0 spiro atoms. The molecular formula is C10H22N4O2S2. The fourth-order valence-corrected chi connectivity index (χ4v) is 2.94. The van der Waals surface area contributed by atoms with Gasteiger partial charge in [-0.15, -0.1) is 0 Å². The topological polar surface area (TPSA) is 87.5 Å². The molecule has 1 aliphatic rings. The molecule has 0 heterocycles. The highest BCUT2D eigenvalue weighted by molar-refractivity contribution is 7.87. The molecule has 0 amide bonds. The highest BCUT2D eigenvalue weighted by Gasteiger charge is 2.23. The zero-order valence-electron chi connectivity index (χ0n) is 10.8. The summed E-state index contributed by atoms with van der Waals surface area (Å²) in [6.07, 6.45) is 3.92. The van der Waals surface area contributed by atoms with Crippen molar-refractivity contribution in [3.8, 4) is 0 Å². The molecule has 0 bridgehead atoms. The van der Waals surface area contributed by atoms with Crippen LogP contribution in [0.25, 0.3) is 0 Å². The Morgan fingerprint density at radius 3 is 2.33 bits per heavy atom. The maximum absolute atomic E-state index is 11.6. The first-order valence-electron chi connectivity index (χ1n) is 6.04. The summed E-state index contributed by atoms with van der Waals surface area (Å²) in [5.74, 6) is 0.393. The van der Waals surface area contributed by atoms with Crippen LogP contribution < -0.4 is 15.8 Å². The van der Waals surface area contributed by atoms with Crippen molar-refractivity contribution in [1.29, 1.82) is 0 Å². The van der Waals surface area contributed by atoms with Gasteiger partial charge in [-0.3, -0.25) is 0 Å². The van der Waals surface area contributed by atoms with E-state index >= 15 is 0 Å². The van der Waals surface area contributed by atoms with Crippen LogP contribution in [0, 0.1) is 5.92 Å². The Kier molecular flexibility index (Phi) is 5.77. The van der Waals surface area contributed by atoms with Gasteiger partial charge in [0.15, 0.2) is 5.11 Å². The van der Waals surface area contributed by atoms with Crippen molar-refractivity contribution >= 4 is 27.5 Å². The monoisotopic (exact) mass is 294 g/mol. The Morgan fingerprint density at radius 1 is 1.33 bits per heavy atom. The third-order valence-corrected chi connectivity index (χ3v) is 4.84. The summed E-state index contributed by atoms with van der Waals surface area (Å²) < 4.78 is 26.9. The molecule has 0 aromatic rings. The van der Waals surface area contributed by atoms with E-state index < -0.39 is 10.2 Å². The Balaban J connectivity index is 2.30. The fraction of sp³-hybridized carbons (Fsp3) is 0.900. The van der Waals surface area contributed by atoms with Crippen LogP contribution in [0.3, 0.4) is 0 Å². The van der Waals surface area contributed by atoms with Crippen molar-refractivity contribution in [3.05, 3.63) is 0 Å². The molecule has 0 radical (unpaired) electrons. The third-order valence-electron chi connectivity index (χ3n) is 3.23.